The molecule has 1 aromatic heterocycles. The maximum absolute atomic E-state index is 13.6. The summed E-state index contributed by atoms with van der Waals surface area (Å²) < 4.78 is 1.01. The van der Waals surface area contributed by atoms with Gasteiger partial charge in [0.2, 0.25) is 17.7 Å². The number of amides is 4. The number of primary amides is 1. The maximum Gasteiger partial charge on any atom is 0.347 e. The number of nitrogens with zero attached hydrogens (tertiary/aromatic N) is 4. The molecule has 1 saturated carbocycles. The Hall–Kier alpha value is -4.69. The monoisotopic (exact) mass is 583 g/mol. The fourth-order valence-corrected chi connectivity index (χ4v) is 5.05. The van der Waals surface area contributed by atoms with E-state index in [1.807, 2.05) is 30.3 Å². The highest BCUT2D eigenvalue weighted by Gasteiger charge is 2.36. The third-order valence-electron chi connectivity index (χ3n) is 7.25. The molecule has 0 aliphatic heterocycles. The Morgan fingerprint density at radius 3 is 2.31 bits per heavy atom. The molecule has 1 fully saturated rings. The minimum absolute atomic E-state index is 0.0689. The molecule has 10 N–H and O–H groups in total. The molecule has 1 aliphatic rings. The van der Waals surface area contributed by atoms with Crippen molar-refractivity contribution in [2.75, 3.05) is 12.3 Å². The lowest BCUT2D eigenvalue weighted by atomic mass is 9.93. The fraction of sp³-hybridized carbons (Fsp3) is 0.519. The first-order valence-corrected chi connectivity index (χ1v) is 14.1. The van der Waals surface area contributed by atoms with Crippen molar-refractivity contribution in [2.45, 2.75) is 82.5 Å². The summed E-state index contributed by atoms with van der Waals surface area (Å²) in [6.45, 7) is 1.88. The number of anilines is 1. The van der Waals surface area contributed by atoms with Crippen LogP contribution in [0.1, 0.15) is 57.4 Å². The van der Waals surface area contributed by atoms with E-state index in [2.05, 4.69) is 26.3 Å². The molecule has 3 atom stereocenters. The standard InChI is InChI=1S/C27H41N11O4/c1-17(38(19-11-6-3-7-12-19)27(42)37-16-22(28)35-36-37)24(40)33-20(13-8-14-32-26(30)31)25(41)34-21(23(29)39)15-18-9-4-2-5-10-18/h2,4-5,9-10,16-17,19-21H,3,6-8,11-15,28H2,1H3,(H2,29,39)(H,33,40)(H,34,41)(H4,30,31,32). The molecule has 3 rings (SSSR count). The van der Waals surface area contributed by atoms with Gasteiger partial charge in [-0.2, -0.15) is 4.68 Å². The molecule has 1 heterocycles. The first-order chi connectivity index (χ1) is 20.1. The molecule has 4 amide bonds. The van der Waals surface area contributed by atoms with Gasteiger partial charge in [-0.05, 0) is 38.2 Å². The SMILES string of the molecule is CC(C(=O)NC(CCCNC(=N)N)C(=O)NC(Cc1ccccc1)C(N)=O)N(C(=O)n1cc(N)nn1)C1CCCCC1. The fourth-order valence-electron chi connectivity index (χ4n) is 5.05. The second-order valence-electron chi connectivity index (χ2n) is 10.4. The van der Waals surface area contributed by atoms with Crippen molar-refractivity contribution in [3.05, 3.63) is 42.1 Å². The lowest BCUT2D eigenvalue weighted by Gasteiger charge is -2.37. The van der Waals surface area contributed by atoms with Gasteiger partial charge in [0.1, 0.15) is 18.1 Å². The largest absolute Gasteiger partial charge is 0.381 e. The third-order valence-corrected chi connectivity index (χ3v) is 7.25. The molecule has 42 heavy (non-hydrogen) atoms. The number of rotatable bonds is 13. The predicted molar refractivity (Wildman–Crippen MR) is 156 cm³/mol. The number of nitrogen functional groups attached to an aromatic ring is 1. The summed E-state index contributed by atoms with van der Waals surface area (Å²) in [4.78, 5) is 54.2. The van der Waals surface area contributed by atoms with E-state index in [0.717, 1.165) is 29.5 Å². The lowest BCUT2D eigenvalue weighted by Crippen LogP contribution is -2.59. The Morgan fingerprint density at radius 1 is 1.05 bits per heavy atom. The Morgan fingerprint density at radius 2 is 1.71 bits per heavy atom. The average molecular weight is 584 g/mol. The van der Waals surface area contributed by atoms with Gasteiger partial charge in [0.25, 0.3) is 0 Å². The van der Waals surface area contributed by atoms with E-state index in [0.29, 0.717) is 19.3 Å². The van der Waals surface area contributed by atoms with E-state index in [4.69, 9.17) is 22.6 Å². The summed E-state index contributed by atoms with van der Waals surface area (Å²) in [6, 6.07) is 5.30. The normalized spacial score (nSPS) is 15.5. The van der Waals surface area contributed by atoms with Crippen LogP contribution in [0, 0.1) is 5.41 Å². The van der Waals surface area contributed by atoms with Gasteiger partial charge in [-0.3, -0.25) is 19.8 Å². The van der Waals surface area contributed by atoms with Crippen LogP contribution in [0.2, 0.25) is 0 Å². The number of guanidine groups is 1. The van der Waals surface area contributed by atoms with Crippen molar-refractivity contribution in [3.8, 4) is 0 Å². The van der Waals surface area contributed by atoms with E-state index in [1.54, 1.807) is 6.92 Å². The number of carbonyl (C=O) groups excluding carboxylic acids is 4. The molecule has 15 nitrogen and oxygen atoms in total. The van der Waals surface area contributed by atoms with Crippen molar-refractivity contribution in [3.63, 3.8) is 0 Å². The van der Waals surface area contributed by atoms with E-state index in [1.165, 1.54) is 11.1 Å². The molecular weight excluding hydrogens is 542 g/mol. The number of carbonyl (C=O) groups is 4. The van der Waals surface area contributed by atoms with Crippen LogP contribution in [0.5, 0.6) is 0 Å². The molecule has 0 bridgehead atoms. The van der Waals surface area contributed by atoms with Crippen LogP contribution in [0.15, 0.2) is 36.5 Å². The molecule has 0 saturated heterocycles. The molecule has 1 aliphatic carbocycles. The number of nitrogens with one attached hydrogen (secondary N) is 4. The first kappa shape index (κ1) is 31.8. The smallest absolute Gasteiger partial charge is 0.347 e. The lowest BCUT2D eigenvalue weighted by molar-refractivity contribution is -0.133. The van der Waals surface area contributed by atoms with Crippen molar-refractivity contribution in [1.29, 1.82) is 5.41 Å². The quantitative estimate of drug-likeness (QED) is 0.0937. The molecule has 0 spiro atoms. The van der Waals surface area contributed by atoms with Gasteiger partial charge in [0, 0.05) is 19.0 Å². The molecule has 2 aromatic rings. The number of nitrogens with two attached hydrogens (primary N) is 3. The van der Waals surface area contributed by atoms with Gasteiger partial charge in [0.15, 0.2) is 11.8 Å². The highest BCUT2D eigenvalue weighted by molar-refractivity contribution is 5.94. The summed E-state index contributed by atoms with van der Waals surface area (Å²) in [5, 5.41) is 22.9. The van der Waals surface area contributed by atoms with Crippen molar-refractivity contribution in [1.82, 2.24) is 35.8 Å². The second-order valence-corrected chi connectivity index (χ2v) is 10.4. The molecule has 3 unspecified atom stereocenters. The van der Waals surface area contributed by atoms with Gasteiger partial charge in [0.05, 0.1) is 6.20 Å². The summed E-state index contributed by atoms with van der Waals surface area (Å²) in [5.41, 5.74) is 17.4. The Kier molecular flexibility index (Phi) is 11.6. The topological polar surface area (TPSA) is 240 Å². The highest BCUT2D eigenvalue weighted by atomic mass is 16.2. The molecule has 1 aromatic carbocycles. The zero-order chi connectivity index (χ0) is 30.6. The first-order valence-electron chi connectivity index (χ1n) is 14.1. The van der Waals surface area contributed by atoms with Crippen LogP contribution < -0.4 is 33.2 Å². The number of benzene rings is 1. The average Bonchev–Trinajstić information content (AvgIpc) is 3.41. The second kappa shape index (κ2) is 15.3. The minimum atomic E-state index is -1.06. The summed E-state index contributed by atoms with van der Waals surface area (Å²) in [7, 11) is 0. The van der Waals surface area contributed by atoms with Gasteiger partial charge in [-0.25, -0.2) is 4.79 Å². The molecule has 15 heteroatoms. The van der Waals surface area contributed by atoms with Gasteiger partial charge < -0.3 is 38.1 Å². The van der Waals surface area contributed by atoms with Crippen LogP contribution >= 0.6 is 0 Å². The zero-order valence-electron chi connectivity index (χ0n) is 23.8. The van der Waals surface area contributed by atoms with E-state index in [9.17, 15) is 19.2 Å². The highest BCUT2D eigenvalue weighted by Crippen LogP contribution is 2.25. The van der Waals surface area contributed by atoms with Gasteiger partial charge in [-0.1, -0.05) is 54.8 Å². The van der Waals surface area contributed by atoms with Crippen LogP contribution in [-0.2, 0) is 20.8 Å². The van der Waals surface area contributed by atoms with Crippen LogP contribution in [0.4, 0.5) is 10.6 Å². The zero-order valence-corrected chi connectivity index (χ0v) is 23.8. The van der Waals surface area contributed by atoms with Crippen LogP contribution in [0.25, 0.3) is 0 Å². The summed E-state index contributed by atoms with van der Waals surface area (Å²) in [5.74, 6) is -2.02. The van der Waals surface area contributed by atoms with Crippen molar-refractivity contribution >= 4 is 35.5 Å². The van der Waals surface area contributed by atoms with E-state index in [-0.39, 0.29) is 37.2 Å². The third kappa shape index (κ3) is 9.17. The van der Waals surface area contributed by atoms with Gasteiger partial charge in [-0.15, -0.1) is 5.10 Å². The molecular formula is C27H41N11O4. The van der Waals surface area contributed by atoms with Crippen molar-refractivity contribution in [2.24, 2.45) is 11.5 Å². The number of aromatic nitrogens is 3. The van der Waals surface area contributed by atoms with Crippen LogP contribution in [0.3, 0.4) is 0 Å². The Bertz CT molecular complexity index is 1230. The molecule has 0 radical (unpaired) electrons. The van der Waals surface area contributed by atoms with Crippen LogP contribution in [-0.4, -0.2) is 80.3 Å². The summed E-state index contributed by atoms with van der Waals surface area (Å²) in [6.07, 6.45) is 6.29. The van der Waals surface area contributed by atoms with Gasteiger partial charge >= 0.3 is 6.03 Å². The maximum atomic E-state index is 13.6. The summed E-state index contributed by atoms with van der Waals surface area (Å²) >= 11 is 0. The van der Waals surface area contributed by atoms with E-state index >= 15 is 0 Å². The van der Waals surface area contributed by atoms with E-state index < -0.39 is 41.9 Å². The van der Waals surface area contributed by atoms with Crippen molar-refractivity contribution < 1.29 is 19.2 Å². The Labute approximate surface area is 244 Å². The minimum Gasteiger partial charge on any atom is -0.381 e. The number of hydrogen-bond acceptors (Lipinski definition) is 8. The Balaban J connectivity index is 1.78. The predicted octanol–water partition coefficient (Wildman–Crippen LogP) is -0.188. The molecule has 228 valence electrons. The number of hydrogen-bond donors (Lipinski definition) is 7.